The molecule has 26 heavy (non-hydrogen) atoms. The molecule has 0 heterocycles. The molecule has 1 aliphatic carbocycles. The van der Waals surface area contributed by atoms with Crippen LogP contribution in [0.25, 0.3) is 5.57 Å². The van der Waals surface area contributed by atoms with Crippen LogP contribution in [-0.2, 0) is 5.41 Å². The van der Waals surface area contributed by atoms with Gasteiger partial charge < -0.3 is 0 Å². The van der Waals surface area contributed by atoms with E-state index in [1.165, 1.54) is 27.8 Å². The molecule has 0 fully saturated rings. The zero-order valence-electron chi connectivity index (χ0n) is 15.0. The van der Waals surface area contributed by atoms with E-state index in [9.17, 15) is 0 Å². The van der Waals surface area contributed by atoms with Crippen molar-refractivity contribution in [3.05, 3.63) is 138 Å². The highest BCUT2D eigenvalue weighted by atomic mass is 14.3. The number of allylic oxidation sites excluding steroid dienone is 6. The van der Waals surface area contributed by atoms with Crippen LogP contribution in [0.3, 0.4) is 0 Å². The lowest BCUT2D eigenvalue weighted by atomic mass is 9.71. The van der Waals surface area contributed by atoms with Crippen molar-refractivity contribution < 1.29 is 0 Å². The molecule has 0 heteroatoms. The van der Waals surface area contributed by atoms with Crippen molar-refractivity contribution in [3.8, 4) is 0 Å². The van der Waals surface area contributed by atoms with Crippen molar-refractivity contribution in [3.63, 3.8) is 0 Å². The lowest BCUT2D eigenvalue weighted by Crippen LogP contribution is -2.24. The van der Waals surface area contributed by atoms with Crippen molar-refractivity contribution in [2.24, 2.45) is 0 Å². The van der Waals surface area contributed by atoms with Gasteiger partial charge in [-0.3, -0.25) is 0 Å². The number of hydrogen-bond donors (Lipinski definition) is 0. The molecule has 1 aliphatic rings. The lowest BCUT2D eigenvalue weighted by molar-refractivity contribution is 0.807. The van der Waals surface area contributed by atoms with Gasteiger partial charge in [-0.1, -0.05) is 115 Å². The summed E-state index contributed by atoms with van der Waals surface area (Å²) in [6.45, 7) is 2.19. The molecule has 0 aromatic heterocycles. The SMILES string of the molecule is CC(=C1C=CC(c2ccccc2)(c2ccccc2)C=C1)c1ccccc1. The van der Waals surface area contributed by atoms with Gasteiger partial charge in [-0.2, -0.15) is 0 Å². The summed E-state index contributed by atoms with van der Waals surface area (Å²) in [5.74, 6) is 0. The molecule has 0 unspecified atom stereocenters. The molecule has 3 aromatic carbocycles. The van der Waals surface area contributed by atoms with Crippen LogP contribution in [0.1, 0.15) is 23.6 Å². The Kier molecular flexibility index (Phi) is 4.41. The summed E-state index contributed by atoms with van der Waals surface area (Å²) >= 11 is 0. The van der Waals surface area contributed by atoms with Crippen LogP contribution in [0.5, 0.6) is 0 Å². The van der Waals surface area contributed by atoms with Gasteiger partial charge in [-0.25, -0.2) is 0 Å². The normalized spacial score (nSPS) is 15.0. The Bertz CT molecular complexity index is 901. The smallest absolute Gasteiger partial charge is 0.0569 e. The van der Waals surface area contributed by atoms with Gasteiger partial charge >= 0.3 is 0 Å². The lowest BCUT2D eigenvalue weighted by Gasteiger charge is -2.31. The summed E-state index contributed by atoms with van der Waals surface area (Å²) in [5.41, 5.74) is 6.18. The minimum atomic E-state index is -0.219. The van der Waals surface area contributed by atoms with Gasteiger partial charge in [0.1, 0.15) is 0 Å². The third-order valence-electron chi connectivity index (χ3n) is 5.19. The largest absolute Gasteiger partial charge is 0.0652 e. The van der Waals surface area contributed by atoms with Crippen LogP contribution in [0.2, 0.25) is 0 Å². The minimum absolute atomic E-state index is 0.219. The highest BCUT2D eigenvalue weighted by molar-refractivity contribution is 5.73. The number of benzene rings is 3. The fraction of sp³-hybridized carbons (Fsp3) is 0.0769. The molecule has 0 saturated heterocycles. The maximum Gasteiger partial charge on any atom is 0.0569 e. The second-order valence-electron chi connectivity index (χ2n) is 6.71. The molecule has 0 aliphatic heterocycles. The van der Waals surface area contributed by atoms with Crippen LogP contribution in [-0.4, -0.2) is 0 Å². The van der Waals surface area contributed by atoms with Crippen molar-refractivity contribution in [2.75, 3.05) is 0 Å². The van der Waals surface area contributed by atoms with Crippen LogP contribution in [0.15, 0.2) is 121 Å². The van der Waals surface area contributed by atoms with Crippen molar-refractivity contribution in [1.82, 2.24) is 0 Å². The highest BCUT2D eigenvalue weighted by Crippen LogP contribution is 2.39. The van der Waals surface area contributed by atoms with E-state index >= 15 is 0 Å². The van der Waals surface area contributed by atoms with E-state index < -0.39 is 0 Å². The van der Waals surface area contributed by atoms with Crippen molar-refractivity contribution in [2.45, 2.75) is 12.3 Å². The molecule has 4 rings (SSSR count). The molecular weight excluding hydrogens is 312 g/mol. The van der Waals surface area contributed by atoms with Crippen LogP contribution < -0.4 is 0 Å². The third kappa shape index (κ3) is 2.95. The highest BCUT2D eigenvalue weighted by Gasteiger charge is 2.30. The molecule has 0 radical (unpaired) electrons. The molecule has 0 nitrogen and oxygen atoms in total. The van der Waals surface area contributed by atoms with Crippen molar-refractivity contribution in [1.29, 1.82) is 0 Å². The van der Waals surface area contributed by atoms with E-state index in [4.69, 9.17) is 0 Å². The quantitative estimate of drug-likeness (QED) is 0.508. The van der Waals surface area contributed by atoms with E-state index in [-0.39, 0.29) is 5.41 Å². The maximum atomic E-state index is 2.33. The zero-order chi connectivity index (χ0) is 17.8. The summed E-state index contributed by atoms with van der Waals surface area (Å²) in [5, 5.41) is 0. The monoisotopic (exact) mass is 334 g/mol. The summed E-state index contributed by atoms with van der Waals surface area (Å²) in [4.78, 5) is 0. The summed E-state index contributed by atoms with van der Waals surface area (Å²) in [6, 6.07) is 32.0. The predicted molar refractivity (Wildman–Crippen MR) is 111 cm³/mol. The van der Waals surface area contributed by atoms with Crippen LogP contribution in [0.4, 0.5) is 0 Å². The van der Waals surface area contributed by atoms with Crippen LogP contribution in [0, 0.1) is 0 Å². The Morgan fingerprint density at radius 1 is 0.577 bits per heavy atom. The summed E-state index contributed by atoms with van der Waals surface area (Å²) < 4.78 is 0. The van der Waals surface area contributed by atoms with E-state index in [0.29, 0.717) is 0 Å². The van der Waals surface area contributed by atoms with Crippen LogP contribution >= 0.6 is 0 Å². The van der Waals surface area contributed by atoms with E-state index in [2.05, 4.69) is 122 Å². The maximum absolute atomic E-state index is 2.33. The van der Waals surface area contributed by atoms with Gasteiger partial charge in [0, 0.05) is 0 Å². The van der Waals surface area contributed by atoms with Gasteiger partial charge in [-0.15, -0.1) is 0 Å². The number of rotatable bonds is 3. The van der Waals surface area contributed by atoms with Gasteiger partial charge in [-0.05, 0) is 34.8 Å². The fourth-order valence-corrected chi connectivity index (χ4v) is 3.64. The average Bonchev–Trinajstić information content (AvgIpc) is 2.75. The topological polar surface area (TPSA) is 0 Å². The third-order valence-corrected chi connectivity index (χ3v) is 5.19. The molecule has 0 N–H and O–H groups in total. The molecule has 126 valence electrons. The first-order chi connectivity index (χ1) is 12.8. The summed E-state index contributed by atoms with van der Waals surface area (Å²) in [6.07, 6.45) is 9.20. The fourth-order valence-electron chi connectivity index (χ4n) is 3.64. The molecular formula is C26H22. The first kappa shape index (κ1) is 16.4. The van der Waals surface area contributed by atoms with Gasteiger partial charge in [0.15, 0.2) is 0 Å². The molecule has 0 amide bonds. The Labute approximate surface area is 155 Å². The first-order valence-electron chi connectivity index (χ1n) is 9.05. The summed E-state index contributed by atoms with van der Waals surface area (Å²) in [7, 11) is 0. The average molecular weight is 334 g/mol. The van der Waals surface area contributed by atoms with Gasteiger partial charge in [0.25, 0.3) is 0 Å². The second-order valence-corrected chi connectivity index (χ2v) is 6.71. The Balaban J connectivity index is 1.81. The molecule has 3 aromatic rings. The van der Waals surface area contributed by atoms with Gasteiger partial charge in [0.2, 0.25) is 0 Å². The zero-order valence-corrected chi connectivity index (χ0v) is 15.0. The van der Waals surface area contributed by atoms with Crippen molar-refractivity contribution >= 4 is 5.57 Å². The number of hydrogen-bond acceptors (Lipinski definition) is 0. The Hall–Kier alpha value is -3.12. The van der Waals surface area contributed by atoms with E-state index in [1.807, 2.05) is 0 Å². The van der Waals surface area contributed by atoms with E-state index in [1.54, 1.807) is 0 Å². The first-order valence-corrected chi connectivity index (χ1v) is 9.05. The van der Waals surface area contributed by atoms with Gasteiger partial charge in [0.05, 0.1) is 5.41 Å². The molecule has 0 atom stereocenters. The Morgan fingerprint density at radius 3 is 1.46 bits per heavy atom. The molecule has 0 bridgehead atoms. The molecule has 0 spiro atoms. The second kappa shape index (κ2) is 7.01. The molecule has 0 saturated carbocycles. The van der Waals surface area contributed by atoms with E-state index in [0.717, 1.165) is 0 Å². The predicted octanol–water partition coefficient (Wildman–Crippen LogP) is 6.57. The Morgan fingerprint density at radius 2 is 1.00 bits per heavy atom. The minimum Gasteiger partial charge on any atom is -0.0652 e. The standard InChI is InChI=1S/C26H22/c1-21(22-11-5-2-6-12-22)23-17-19-26(20-18-23,24-13-7-3-8-14-24)25-15-9-4-10-16-25/h2-20H,1H3.